The molecule has 57 heavy (non-hydrogen) atoms. The maximum absolute atomic E-state index is 14.0. The summed E-state index contributed by atoms with van der Waals surface area (Å²) in [5.41, 5.74) is 1.36. The SMILES string of the molecule is CCCCCC1(CCCCC)O[C@@H]2[C@@H](C=C(C(=O)NCc3cccc(C(=O)NCCO)c3)C[C@H]2OC(=O)c2ccccc2C=CC(=O)O[C@H]2C(=O)OCC2(C)C)O1. The van der Waals surface area contributed by atoms with Crippen LogP contribution in [0.5, 0.6) is 0 Å². The number of nitrogens with one attached hydrogen (secondary N) is 2. The van der Waals surface area contributed by atoms with Gasteiger partial charge in [0.2, 0.25) is 12.0 Å². The van der Waals surface area contributed by atoms with E-state index in [2.05, 4.69) is 24.5 Å². The highest BCUT2D eigenvalue weighted by molar-refractivity contribution is 5.97. The Labute approximate surface area is 334 Å². The fraction of sp³-hybridized carbons (Fsp3) is 0.523. The average Bonchev–Trinajstić information content (AvgIpc) is 3.70. The molecular formula is C44H56N2O11. The molecule has 308 valence electrons. The summed E-state index contributed by atoms with van der Waals surface area (Å²) in [4.78, 5) is 65.2. The number of unbranched alkanes of at least 4 members (excludes halogenated alkanes) is 4. The normalized spacial score (nSPS) is 22.0. The summed E-state index contributed by atoms with van der Waals surface area (Å²) in [6.45, 7) is 8.02. The molecule has 2 heterocycles. The fourth-order valence-corrected chi connectivity index (χ4v) is 7.27. The van der Waals surface area contributed by atoms with E-state index in [4.69, 9.17) is 28.8 Å². The van der Waals surface area contributed by atoms with Crippen molar-refractivity contribution in [2.24, 2.45) is 5.41 Å². The van der Waals surface area contributed by atoms with E-state index in [1.807, 2.05) is 0 Å². The third kappa shape index (κ3) is 11.4. The predicted octanol–water partition coefficient (Wildman–Crippen LogP) is 5.73. The van der Waals surface area contributed by atoms with Crippen LogP contribution >= 0.6 is 0 Å². The summed E-state index contributed by atoms with van der Waals surface area (Å²) < 4.78 is 30.2. The van der Waals surface area contributed by atoms with E-state index in [1.54, 1.807) is 68.5 Å². The second-order valence-electron chi connectivity index (χ2n) is 15.5. The Bertz CT molecular complexity index is 1810. The minimum atomic E-state index is -1.05. The molecule has 0 saturated carbocycles. The number of amides is 2. The number of hydrogen-bond acceptors (Lipinski definition) is 11. The van der Waals surface area contributed by atoms with E-state index in [9.17, 15) is 24.0 Å². The topological polar surface area (TPSA) is 176 Å². The molecule has 2 aliphatic heterocycles. The van der Waals surface area contributed by atoms with Crippen molar-refractivity contribution in [1.82, 2.24) is 10.6 Å². The largest absolute Gasteiger partial charge is 0.462 e. The standard InChI is InChI=1S/C44H56N2O11/c1-5-7-11-20-44(21-12-8-6-2)56-35-26-32(40(50)46-27-29-14-13-16-31(24-29)39(49)45-22-23-47)25-34(37(35)57-44)54-41(51)33-17-10-9-15-30(33)18-19-36(48)55-38-42(52)53-28-43(38,3)4/h9-10,13-19,24,26,34-35,37-38,47H,5-8,11-12,20-23,25,27-28H2,1-4H3,(H,45,49)(H,46,50)/t34-,35-,37+,38+/m1/s1. The molecule has 3 aliphatic rings. The van der Waals surface area contributed by atoms with Crippen molar-refractivity contribution < 1.29 is 52.8 Å². The van der Waals surface area contributed by atoms with Gasteiger partial charge in [-0.15, -0.1) is 0 Å². The predicted molar refractivity (Wildman–Crippen MR) is 210 cm³/mol. The van der Waals surface area contributed by atoms with Crippen molar-refractivity contribution in [1.29, 1.82) is 0 Å². The van der Waals surface area contributed by atoms with Gasteiger partial charge in [-0.25, -0.2) is 14.4 Å². The summed E-state index contributed by atoms with van der Waals surface area (Å²) in [5.74, 6) is -3.65. The number of rotatable bonds is 19. The molecule has 1 aliphatic carbocycles. The molecule has 0 bridgehead atoms. The molecule has 2 aromatic carbocycles. The number of carbonyl (C=O) groups is 5. The number of hydrogen-bond donors (Lipinski definition) is 3. The molecule has 13 heteroatoms. The van der Waals surface area contributed by atoms with Gasteiger partial charge in [-0.05, 0) is 54.3 Å². The Balaban J connectivity index is 1.35. The minimum absolute atomic E-state index is 0.0588. The summed E-state index contributed by atoms with van der Waals surface area (Å²) in [7, 11) is 0. The highest BCUT2D eigenvalue weighted by Crippen LogP contribution is 2.43. The molecule has 2 amide bonds. The number of cyclic esters (lactones) is 1. The lowest BCUT2D eigenvalue weighted by molar-refractivity contribution is -0.190. The van der Waals surface area contributed by atoms with Gasteiger partial charge in [0.05, 0.1) is 12.2 Å². The molecule has 0 aromatic heterocycles. The van der Waals surface area contributed by atoms with Crippen molar-refractivity contribution in [3.8, 4) is 0 Å². The highest BCUT2D eigenvalue weighted by atomic mass is 16.8. The van der Waals surface area contributed by atoms with Gasteiger partial charge in [0.1, 0.15) is 24.9 Å². The van der Waals surface area contributed by atoms with Gasteiger partial charge in [0, 0.05) is 55.0 Å². The number of ether oxygens (including phenoxy) is 5. The van der Waals surface area contributed by atoms with Crippen LogP contribution in [0.4, 0.5) is 0 Å². The monoisotopic (exact) mass is 788 g/mol. The van der Waals surface area contributed by atoms with Crippen LogP contribution in [0.3, 0.4) is 0 Å². The first-order chi connectivity index (χ1) is 27.4. The molecule has 2 aromatic rings. The molecule has 4 atom stereocenters. The maximum atomic E-state index is 14.0. The molecule has 3 N–H and O–H groups in total. The zero-order valence-corrected chi connectivity index (χ0v) is 33.4. The van der Waals surface area contributed by atoms with E-state index in [1.165, 1.54) is 6.08 Å². The van der Waals surface area contributed by atoms with Gasteiger partial charge in [0.25, 0.3) is 5.91 Å². The van der Waals surface area contributed by atoms with Gasteiger partial charge in [-0.3, -0.25) is 9.59 Å². The molecule has 5 rings (SSSR count). The molecule has 0 spiro atoms. The van der Waals surface area contributed by atoms with Crippen LogP contribution in [0.15, 0.2) is 66.3 Å². The van der Waals surface area contributed by atoms with Crippen molar-refractivity contribution in [3.05, 3.63) is 88.5 Å². The van der Waals surface area contributed by atoms with Crippen LogP contribution in [-0.4, -0.2) is 84.8 Å². The zero-order chi connectivity index (χ0) is 41.0. The lowest BCUT2D eigenvalue weighted by Gasteiger charge is -2.31. The molecule has 2 fully saturated rings. The number of fused-ring (bicyclic) bond motifs is 1. The second-order valence-corrected chi connectivity index (χ2v) is 15.5. The van der Waals surface area contributed by atoms with E-state index in [0.717, 1.165) is 44.6 Å². The number of esters is 3. The zero-order valence-electron chi connectivity index (χ0n) is 33.4. The third-order valence-corrected chi connectivity index (χ3v) is 10.4. The Kier molecular flexibility index (Phi) is 15.2. The van der Waals surface area contributed by atoms with Crippen LogP contribution in [-0.2, 0) is 44.6 Å². The minimum Gasteiger partial charge on any atom is -0.462 e. The fourth-order valence-electron chi connectivity index (χ4n) is 7.27. The van der Waals surface area contributed by atoms with E-state index >= 15 is 0 Å². The Hall–Kier alpha value is -4.85. The smallest absolute Gasteiger partial charge is 0.348 e. The number of benzene rings is 2. The molecule has 2 saturated heterocycles. The van der Waals surface area contributed by atoms with Gasteiger partial charge < -0.3 is 39.4 Å². The first-order valence-corrected chi connectivity index (χ1v) is 20.1. The van der Waals surface area contributed by atoms with Gasteiger partial charge >= 0.3 is 17.9 Å². The Morgan fingerprint density at radius 1 is 0.912 bits per heavy atom. The maximum Gasteiger partial charge on any atom is 0.348 e. The van der Waals surface area contributed by atoms with E-state index in [0.29, 0.717) is 35.1 Å². The van der Waals surface area contributed by atoms with Gasteiger partial charge in [-0.1, -0.05) is 83.7 Å². The lowest BCUT2D eigenvalue weighted by Crippen LogP contribution is -2.43. The van der Waals surface area contributed by atoms with Gasteiger partial charge in [0.15, 0.2) is 5.79 Å². The molecule has 0 unspecified atom stereocenters. The summed E-state index contributed by atoms with van der Waals surface area (Å²) in [6, 6.07) is 13.5. The third-order valence-electron chi connectivity index (χ3n) is 10.4. The van der Waals surface area contributed by atoms with Crippen LogP contribution in [0.1, 0.15) is 117 Å². The summed E-state index contributed by atoms with van der Waals surface area (Å²) >= 11 is 0. The first-order valence-electron chi connectivity index (χ1n) is 20.1. The summed E-state index contributed by atoms with van der Waals surface area (Å²) in [6.07, 6.45) is 8.32. The average molecular weight is 789 g/mol. The van der Waals surface area contributed by atoms with Crippen LogP contribution in [0.2, 0.25) is 0 Å². The van der Waals surface area contributed by atoms with Crippen molar-refractivity contribution in [2.45, 2.75) is 122 Å². The Morgan fingerprint density at radius 3 is 2.33 bits per heavy atom. The Morgan fingerprint density at radius 2 is 1.65 bits per heavy atom. The van der Waals surface area contributed by atoms with Crippen LogP contribution < -0.4 is 10.6 Å². The molecule has 13 nitrogen and oxygen atoms in total. The van der Waals surface area contributed by atoms with Gasteiger partial charge in [-0.2, -0.15) is 0 Å². The summed E-state index contributed by atoms with van der Waals surface area (Å²) in [5, 5.41) is 14.6. The van der Waals surface area contributed by atoms with E-state index in [-0.39, 0.29) is 50.1 Å². The quantitative estimate of drug-likeness (QED) is 0.0686. The number of aliphatic hydroxyl groups is 1. The van der Waals surface area contributed by atoms with Crippen LogP contribution in [0.25, 0.3) is 6.08 Å². The van der Waals surface area contributed by atoms with Crippen LogP contribution in [0, 0.1) is 5.41 Å². The first kappa shape index (κ1) is 43.3. The number of carbonyl (C=O) groups excluding carboxylic acids is 5. The molecular weight excluding hydrogens is 732 g/mol. The van der Waals surface area contributed by atoms with Crippen molar-refractivity contribution >= 4 is 35.8 Å². The molecule has 0 radical (unpaired) electrons. The van der Waals surface area contributed by atoms with Crippen molar-refractivity contribution in [2.75, 3.05) is 19.8 Å². The highest BCUT2D eigenvalue weighted by Gasteiger charge is 2.52. The van der Waals surface area contributed by atoms with E-state index < -0.39 is 53.5 Å². The van der Waals surface area contributed by atoms with Crippen molar-refractivity contribution in [3.63, 3.8) is 0 Å². The second kappa shape index (κ2) is 20.0. The number of aliphatic hydroxyl groups excluding tert-OH is 1. The lowest BCUT2D eigenvalue weighted by atomic mass is 9.90.